The zero-order valence-corrected chi connectivity index (χ0v) is 9.81. The minimum Gasteiger partial charge on any atom is -0.390 e. The Morgan fingerprint density at radius 3 is 2.57 bits per heavy atom. The molecule has 2 heteroatoms. The van der Waals surface area contributed by atoms with E-state index in [2.05, 4.69) is 20.8 Å². The summed E-state index contributed by atoms with van der Waals surface area (Å²) in [4.78, 5) is 0. The van der Waals surface area contributed by atoms with Crippen molar-refractivity contribution in [2.45, 2.75) is 70.5 Å². The fraction of sp³-hybridized carbons (Fsp3) is 1.00. The molecular formula is C12H24O2. The molecule has 0 spiro atoms. The predicted molar refractivity (Wildman–Crippen MR) is 58.4 cm³/mol. The van der Waals surface area contributed by atoms with Gasteiger partial charge < -0.3 is 9.84 Å². The molecule has 1 heterocycles. The van der Waals surface area contributed by atoms with Gasteiger partial charge in [0.2, 0.25) is 0 Å². The van der Waals surface area contributed by atoms with Gasteiger partial charge in [0.1, 0.15) is 0 Å². The normalized spacial score (nSPS) is 31.7. The van der Waals surface area contributed by atoms with Crippen LogP contribution in [0.3, 0.4) is 0 Å². The summed E-state index contributed by atoms with van der Waals surface area (Å²) < 4.78 is 5.61. The number of hydrogen-bond donors (Lipinski definition) is 1. The van der Waals surface area contributed by atoms with Crippen molar-refractivity contribution in [1.29, 1.82) is 0 Å². The molecule has 0 aromatic heterocycles. The van der Waals surface area contributed by atoms with Crippen molar-refractivity contribution in [3.63, 3.8) is 0 Å². The van der Waals surface area contributed by atoms with Gasteiger partial charge >= 0.3 is 0 Å². The zero-order chi connectivity index (χ0) is 10.7. The van der Waals surface area contributed by atoms with Crippen LogP contribution in [0.25, 0.3) is 0 Å². The maximum absolute atomic E-state index is 10.4. The molecule has 1 fully saturated rings. The van der Waals surface area contributed by atoms with Gasteiger partial charge in [0.15, 0.2) is 0 Å². The van der Waals surface area contributed by atoms with E-state index in [1.807, 2.05) is 0 Å². The Morgan fingerprint density at radius 2 is 2.00 bits per heavy atom. The molecule has 0 aromatic rings. The summed E-state index contributed by atoms with van der Waals surface area (Å²) in [5.41, 5.74) is -0.601. The van der Waals surface area contributed by atoms with Gasteiger partial charge in [-0.05, 0) is 26.7 Å². The second kappa shape index (κ2) is 4.63. The van der Waals surface area contributed by atoms with Crippen molar-refractivity contribution in [2.24, 2.45) is 0 Å². The molecule has 2 nitrogen and oxygen atoms in total. The average molecular weight is 200 g/mol. The summed E-state index contributed by atoms with van der Waals surface area (Å²) in [5.74, 6) is 0. The lowest BCUT2D eigenvalue weighted by Crippen LogP contribution is -2.45. The van der Waals surface area contributed by atoms with E-state index >= 15 is 0 Å². The number of hydrogen-bond acceptors (Lipinski definition) is 2. The molecule has 14 heavy (non-hydrogen) atoms. The van der Waals surface area contributed by atoms with Crippen LogP contribution in [0.5, 0.6) is 0 Å². The Balaban J connectivity index is 2.39. The number of aliphatic hydroxyl groups is 1. The van der Waals surface area contributed by atoms with E-state index in [1.165, 1.54) is 12.8 Å². The molecule has 1 saturated heterocycles. The third kappa shape index (κ3) is 3.58. The Bertz CT molecular complexity index is 177. The predicted octanol–water partition coefficient (Wildman–Crippen LogP) is 2.89. The first kappa shape index (κ1) is 12.0. The number of rotatable bonds is 4. The van der Waals surface area contributed by atoms with Gasteiger partial charge in [-0.1, -0.05) is 26.2 Å². The van der Waals surface area contributed by atoms with Crippen LogP contribution in [0.15, 0.2) is 0 Å². The molecular weight excluding hydrogens is 176 g/mol. The SMILES string of the molecule is CCCCCC1(O)CCOC(C)(C)C1. The maximum Gasteiger partial charge on any atom is 0.0697 e. The minimum absolute atomic E-state index is 0.140. The van der Waals surface area contributed by atoms with E-state index in [9.17, 15) is 5.11 Å². The highest BCUT2D eigenvalue weighted by atomic mass is 16.5. The first-order valence-corrected chi connectivity index (χ1v) is 5.84. The molecule has 1 N–H and O–H groups in total. The molecule has 0 aliphatic carbocycles. The maximum atomic E-state index is 10.4. The van der Waals surface area contributed by atoms with Gasteiger partial charge in [-0.25, -0.2) is 0 Å². The highest BCUT2D eigenvalue weighted by Gasteiger charge is 2.38. The van der Waals surface area contributed by atoms with Crippen molar-refractivity contribution < 1.29 is 9.84 Å². The number of ether oxygens (including phenoxy) is 1. The molecule has 84 valence electrons. The molecule has 1 rings (SSSR count). The third-order valence-electron chi connectivity index (χ3n) is 3.06. The molecule has 0 amide bonds. The fourth-order valence-electron chi connectivity index (χ4n) is 2.37. The fourth-order valence-corrected chi connectivity index (χ4v) is 2.37. The van der Waals surface area contributed by atoms with Crippen LogP contribution in [-0.4, -0.2) is 22.9 Å². The van der Waals surface area contributed by atoms with Crippen LogP contribution >= 0.6 is 0 Å². The lowest BCUT2D eigenvalue weighted by Gasteiger charge is -2.41. The summed E-state index contributed by atoms with van der Waals surface area (Å²) in [5, 5.41) is 10.4. The van der Waals surface area contributed by atoms with Crippen LogP contribution < -0.4 is 0 Å². The Morgan fingerprint density at radius 1 is 1.29 bits per heavy atom. The van der Waals surface area contributed by atoms with Crippen molar-refractivity contribution in [3.05, 3.63) is 0 Å². The Hall–Kier alpha value is -0.0800. The van der Waals surface area contributed by atoms with Gasteiger partial charge in [0.05, 0.1) is 17.8 Å². The van der Waals surface area contributed by atoms with Crippen molar-refractivity contribution in [2.75, 3.05) is 6.61 Å². The molecule has 1 unspecified atom stereocenters. The summed E-state index contributed by atoms with van der Waals surface area (Å²) in [6, 6.07) is 0. The minimum atomic E-state index is -0.461. The molecule has 1 atom stereocenters. The molecule has 0 bridgehead atoms. The second-order valence-corrected chi connectivity index (χ2v) is 5.22. The lowest BCUT2D eigenvalue weighted by molar-refractivity contribution is -0.147. The molecule has 0 saturated carbocycles. The second-order valence-electron chi connectivity index (χ2n) is 5.22. The van der Waals surface area contributed by atoms with E-state index in [0.29, 0.717) is 6.61 Å². The molecule has 1 aliphatic rings. The van der Waals surface area contributed by atoms with Crippen molar-refractivity contribution >= 4 is 0 Å². The van der Waals surface area contributed by atoms with E-state index in [1.54, 1.807) is 0 Å². The van der Waals surface area contributed by atoms with E-state index < -0.39 is 5.60 Å². The van der Waals surface area contributed by atoms with Gasteiger partial charge in [-0.3, -0.25) is 0 Å². The summed E-state index contributed by atoms with van der Waals surface area (Å²) in [7, 11) is 0. The first-order chi connectivity index (χ1) is 6.47. The molecule has 0 aromatic carbocycles. The van der Waals surface area contributed by atoms with Gasteiger partial charge in [-0.15, -0.1) is 0 Å². The van der Waals surface area contributed by atoms with E-state index in [0.717, 1.165) is 25.7 Å². The highest BCUT2D eigenvalue weighted by molar-refractivity contribution is 4.90. The van der Waals surface area contributed by atoms with E-state index in [-0.39, 0.29) is 5.60 Å². The summed E-state index contributed by atoms with van der Waals surface area (Å²) in [6.45, 7) is 7.03. The third-order valence-corrected chi connectivity index (χ3v) is 3.06. The zero-order valence-electron chi connectivity index (χ0n) is 9.81. The smallest absolute Gasteiger partial charge is 0.0697 e. The van der Waals surface area contributed by atoms with Crippen LogP contribution in [0.4, 0.5) is 0 Å². The van der Waals surface area contributed by atoms with Crippen LogP contribution in [0, 0.1) is 0 Å². The topological polar surface area (TPSA) is 29.5 Å². The largest absolute Gasteiger partial charge is 0.390 e. The molecule has 0 radical (unpaired) electrons. The van der Waals surface area contributed by atoms with Crippen LogP contribution in [-0.2, 0) is 4.74 Å². The highest BCUT2D eigenvalue weighted by Crippen LogP contribution is 2.35. The lowest BCUT2D eigenvalue weighted by atomic mass is 9.81. The van der Waals surface area contributed by atoms with Crippen LogP contribution in [0.1, 0.15) is 59.3 Å². The summed E-state index contributed by atoms with van der Waals surface area (Å²) in [6.07, 6.45) is 6.11. The van der Waals surface area contributed by atoms with Gasteiger partial charge in [0, 0.05) is 6.42 Å². The average Bonchev–Trinajstić information content (AvgIpc) is 2.01. The summed E-state index contributed by atoms with van der Waals surface area (Å²) >= 11 is 0. The van der Waals surface area contributed by atoms with Crippen LogP contribution in [0.2, 0.25) is 0 Å². The monoisotopic (exact) mass is 200 g/mol. The standard InChI is InChI=1S/C12H24O2/c1-4-5-6-7-12(13)8-9-14-11(2,3)10-12/h13H,4-10H2,1-3H3. The van der Waals surface area contributed by atoms with E-state index in [4.69, 9.17) is 4.74 Å². The number of unbranched alkanes of at least 4 members (excludes halogenated alkanes) is 2. The van der Waals surface area contributed by atoms with Gasteiger partial charge in [0.25, 0.3) is 0 Å². The van der Waals surface area contributed by atoms with Crippen molar-refractivity contribution in [3.8, 4) is 0 Å². The Kier molecular flexibility index (Phi) is 3.96. The first-order valence-electron chi connectivity index (χ1n) is 5.84. The van der Waals surface area contributed by atoms with Gasteiger partial charge in [-0.2, -0.15) is 0 Å². The Labute approximate surface area is 87.7 Å². The quantitative estimate of drug-likeness (QED) is 0.707. The van der Waals surface area contributed by atoms with Crippen molar-refractivity contribution in [1.82, 2.24) is 0 Å². The molecule has 1 aliphatic heterocycles.